The Balaban J connectivity index is 1.99. The summed E-state index contributed by atoms with van der Waals surface area (Å²) in [5.74, 6) is 0.967. The zero-order valence-electron chi connectivity index (χ0n) is 13.6. The molecule has 0 saturated carbocycles. The van der Waals surface area contributed by atoms with Crippen molar-refractivity contribution in [2.24, 2.45) is 0 Å². The maximum absolute atomic E-state index is 12.3. The van der Waals surface area contributed by atoms with Crippen LogP contribution in [0.15, 0.2) is 36.5 Å². The van der Waals surface area contributed by atoms with Crippen LogP contribution in [0, 0.1) is 0 Å². The van der Waals surface area contributed by atoms with Crippen molar-refractivity contribution in [3.63, 3.8) is 0 Å². The van der Waals surface area contributed by atoms with Gasteiger partial charge in [0.25, 0.3) is 5.91 Å². The number of methoxy groups -OCH3 is 2. The van der Waals surface area contributed by atoms with E-state index in [9.17, 15) is 4.79 Å². The van der Waals surface area contributed by atoms with Crippen LogP contribution in [-0.4, -0.2) is 38.3 Å². The molecule has 0 spiro atoms. The quantitative estimate of drug-likeness (QED) is 0.714. The first-order valence-electron chi connectivity index (χ1n) is 7.48. The van der Waals surface area contributed by atoms with Crippen LogP contribution in [0.25, 0.3) is 0 Å². The number of carbonyl (C=O) groups excluding carboxylic acids is 1. The van der Waals surface area contributed by atoms with E-state index in [4.69, 9.17) is 21.1 Å². The molecule has 6 nitrogen and oxygen atoms in total. The molecule has 0 aliphatic carbocycles. The van der Waals surface area contributed by atoms with Gasteiger partial charge in [-0.3, -0.25) is 4.79 Å². The number of nitrogens with one attached hydrogen (secondary N) is 2. The van der Waals surface area contributed by atoms with Gasteiger partial charge in [-0.1, -0.05) is 11.6 Å². The van der Waals surface area contributed by atoms with Crippen LogP contribution < -0.4 is 15.4 Å². The monoisotopic (exact) mass is 349 g/mol. The fourth-order valence-corrected chi connectivity index (χ4v) is 2.21. The number of carbonyl (C=O) groups is 1. The van der Waals surface area contributed by atoms with Crippen molar-refractivity contribution in [2.45, 2.75) is 6.42 Å². The molecule has 0 unspecified atom stereocenters. The average Bonchev–Trinajstić information content (AvgIpc) is 2.59. The van der Waals surface area contributed by atoms with Gasteiger partial charge >= 0.3 is 0 Å². The molecule has 0 atom stereocenters. The van der Waals surface area contributed by atoms with E-state index in [1.807, 2.05) is 0 Å². The molecule has 0 aliphatic rings. The highest BCUT2D eigenvalue weighted by atomic mass is 35.5. The van der Waals surface area contributed by atoms with Crippen molar-refractivity contribution < 1.29 is 14.3 Å². The lowest BCUT2D eigenvalue weighted by atomic mass is 10.2. The Morgan fingerprint density at radius 3 is 2.75 bits per heavy atom. The number of hydrogen-bond acceptors (Lipinski definition) is 5. The van der Waals surface area contributed by atoms with E-state index in [2.05, 4.69) is 15.6 Å². The SMILES string of the molecule is COCCCNc1ccc(C(=O)Nc2cc(Cl)ccc2OC)cn1. The number of rotatable bonds is 8. The number of nitrogens with zero attached hydrogens (tertiary/aromatic N) is 1. The predicted octanol–water partition coefficient (Wildman–Crippen LogP) is 3.44. The topological polar surface area (TPSA) is 72.5 Å². The number of ether oxygens (including phenoxy) is 2. The second-order valence-corrected chi connectivity index (χ2v) is 5.44. The summed E-state index contributed by atoms with van der Waals surface area (Å²) < 4.78 is 10.2. The first kappa shape index (κ1) is 18.0. The molecule has 2 aromatic rings. The first-order valence-corrected chi connectivity index (χ1v) is 7.85. The Kier molecular flexibility index (Phi) is 6.84. The highest BCUT2D eigenvalue weighted by Gasteiger charge is 2.11. The van der Waals surface area contributed by atoms with Gasteiger partial charge in [-0.05, 0) is 36.8 Å². The lowest BCUT2D eigenvalue weighted by Gasteiger charge is -2.11. The van der Waals surface area contributed by atoms with Crippen LogP contribution in [0.2, 0.25) is 5.02 Å². The Hall–Kier alpha value is -2.31. The highest BCUT2D eigenvalue weighted by Crippen LogP contribution is 2.28. The molecule has 0 fully saturated rings. The van der Waals surface area contributed by atoms with Crippen LogP contribution in [0.3, 0.4) is 0 Å². The highest BCUT2D eigenvalue weighted by molar-refractivity contribution is 6.31. The molecule has 0 radical (unpaired) electrons. The molecular formula is C17H20ClN3O3. The molecule has 2 rings (SSSR count). The smallest absolute Gasteiger partial charge is 0.257 e. The molecule has 1 heterocycles. The van der Waals surface area contributed by atoms with Gasteiger partial charge in [-0.25, -0.2) is 4.98 Å². The van der Waals surface area contributed by atoms with Crippen molar-refractivity contribution in [2.75, 3.05) is 38.0 Å². The normalized spacial score (nSPS) is 10.3. The van der Waals surface area contributed by atoms with Gasteiger partial charge in [0.2, 0.25) is 0 Å². The number of amides is 1. The van der Waals surface area contributed by atoms with Gasteiger partial charge in [0.15, 0.2) is 0 Å². The Bertz CT molecular complexity index is 677. The Morgan fingerprint density at radius 1 is 1.25 bits per heavy atom. The van der Waals surface area contributed by atoms with Gasteiger partial charge in [0.05, 0.1) is 18.4 Å². The van der Waals surface area contributed by atoms with E-state index < -0.39 is 0 Å². The third-order valence-corrected chi connectivity index (χ3v) is 3.50. The maximum Gasteiger partial charge on any atom is 0.257 e. The third kappa shape index (κ3) is 5.11. The van der Waals surface area contributed by atoms with Crippen molar-refractivity contribution >= 4 is 29.0 Å². The average molecular weight is 350 g/mol. The summed E-state index contributed by atoms with van der Waals surface area (Å²) in [5, 5.41) is 6.45. The second kappa shape index (κ2) is 9.10. The van der Waals surface area contributed by atoms with Crippen molar-refractivity contribution in [3.05, 3.63) is 47.1 Å². The van der Waals surface area contributed by atoms with E-state index in [1.54, 1.807) is 37.4 Å². The molecule has 128 valence electrons. The minimum atomic E-state index is -0.283. The molecule has 1 aromatic carbocycles. The van der Waals surface area contributed by atoms with E-state index in [0.29, 0.717) is 34.4 Å². The fraction of sp³-hybridized carbons (Fsp3) is 0.294. The van der Waals surface area contributed by atoms with Crippen LogP contribution >= 0.6 is 11.6 Å². The van der Waals surface area contributed by atoms with E-state index >= 15 is 0 Å². The van der Waals surface area contributed by atoms with Crippen molar-refractivity contribution in [3.8, 4) is 5.75 Å². The maximum atomic E-state index is 12.3. The molecule has 0 saturated heterocycles. The number of anilines is 2. The zero-order valence-corrected chi connectivity index (χ0v) is 14.4. The summed E-state index contributed by atoms with van der Waals surface area (Å²) in [6, 6.07) is 8.50. The van der Waals surface area contributed by atoms with Gasteiger partial charge < -0.3 is 20.1 Å². The predicted molar refractivity (Wildman–Crippen MR) is 95.2 cm³/mol. The Labute approximate surface area is 146 Å². The molecule has 2 N–H and O–H groups in total. The molecular weight excluding hydrogens is 330 g/mol. The van der Waals surface area contributed by atoms with Crippen LogP contribution in [0.5, 0.6) is 5.75 Å². The Morgan fingerprint density at radius 2 is 2.08 bits per heavy atom. The number of pyridine rings is 1. The summed E-state index contributed by atoms with van der Waals surface area (Å²) >= 11 is 5.96. The zero-order chi connectivity index (χ0) is 17.4. The minimum absolute atomic E-state index is 0.283. The lowest BCUT2D eigenvalue weighted by molar-refractivity contribution is 0.102. The van der Waals surface area contributed by atoms with Crippen LogP contribution in [0.4, 0.5) is 11.5 Å². The molecule has 0 bridgehead atoms. The summed E-state index contributed by atoms with van der Waals surface area (Å²) in [5.41, 5.74) is 0.955. The number of halogens is 1. The summed E-state index contributed by atoms with van der Waals surface area (Å²) in [7, 11) is 3.20. The molecule has 24 heavy (non-hydrogen) atoms. The van der Waals surface area contributed by atoms with Crippen LogP contribution in [-0.2, 0) is 4.74 Å². The van der Waals surface area contributed by atoms with Crippen molar-refractivity contribution in [1.82, 2.24) is 4.98 Å². The summed E-state index contributed by atoms with van der Waals surface area (Å²) in [6.07, 6.45) is 2.40. The van der Waals surface area contributed by atoms with E-state index in [-0.39, 0.29) is 5.91 Å². The van der Waals surface area contributed by atoms with Gasteiger partial charge in [0.1, 0.15) is 11.6 Å². The fourth-order valence-electron chi connectivity index (χ4n) is 2.04. The molecule has 0 aliphatic heterocycles. The van der Waals surface area contributed by atoms with E-state index in [0.717, 1.165) is 13.0 Å². The second-order valence-electron chi connectivity index (χ2n) is 5.00. The minimum Gasteiger partial charge on any atom is -0.495 e. The molecule has 1 aromatic heterocycles. The summed E-state index contributed by atoms with van der Waals surface area (Å²) in [6.45, 7) is 1.45. The number of benzene rings is 1. The van der Waals surface area contributed by atoms with Gasteiger partial charge in [-0.2, -0.15) is 0 Å². The number of hydrogen-bond donors (Lipinski definition) is 2. The van der Waals surface area contributed by atoms with Gasteiger partial charge in [0, 0.05) is 31.5 Å². The lowest BCUT2D eigenvalue weighted by Crippen LogP contribution is -2.13. The van der Waals surface area contributed by atoms with Crippen LogP contribution in [0.1, 0.15) is 16.8 Å². The van der Waals surface area contributed by atoms with Gasteiger partial charge in [-0.15, -0.1) is 0 Å². The largest absolute Gasteiger partial charge is 0.495 e. The van der Waals surface area contributed by atoms with E-state index in [1.165, 1.54) is 13.3 Å². The summed E-state index contributed by atoms with van der Waals surface area (Å²) in [4.78, 5) is 16.5. The molecule has 7 heteroatoms. The first-order chi connectivity index (χ1) is 11.6. The molecule has 1 amide bonds. The number of aromatic nitrogens is 1. The standard InChI is InChI=1S/C17H20ClN3O3/c1-23-9-3-8-19-16-7-4-12(11-20-16)17(22)21-14-10-13(18)5-6-15(14)24-2/h4-7,10-11H,3,8-9H2,1-2H3,(H,19,20)(H,21,22). The third-order valence-electron chi connectivity index (χ3n) is 3.27. The van der Waals surface area contributed by atoms with Crippen molar-refractivity contribution in [1.29, 1.82) is 0 Å².